The fourth-order valence-corrected chi connectivity index (χ4v) is 4.08. The van der Waals surface area contributed by atoms with Crippen molar-refractivity contribution in [1.82, 2.24) is 0 Å². The molecule has 1 aliphatic heterocycles. The number of hydrogen-bond donors (Lipinski definition) is 1. The summed E-state index contributed by atoms with van der Waals surface area (Å²) in [7, 11) is -0.921. The van der Waals surface area contributed by atoms with Crippen LogP contribution in [-0.4, -0.2) is 34.1 Å². The Morgan fingerprint density at radius 3 is 2.54 bits per heavy atom. The van der Waals surface area contributed by atoms with Gasteiger partial charge in [-0.3, -0.25) is 10.1 Å². The SMILES string of the molecule is COc1ccc([C@@H]2CCCN2c2ccc(S(N)(=O)=O)cc2[N+](=O)[O-])c(OC)c1. The molecule has 1 atom stereocenters. The molecule has 0 aliphatic carbocycles. The van der Waals surface area contributed by atoms with Gasteiger partial charge >= 0.3 is 0 Å². The van der Waals surface area contributed by atoms with E-state index in [0.29, 0.717) is 23.7 Å². The Kier molecular flexibility index (Phi) is 5.43. The largest absolute Gasteiger partial charge is 0.497 e. The molecule has 0 amide bonds. The highest BCUT2D eigenvalue weighted by Gasteiger charge is 2.33. The Morgan fingerprint density at radius 2 is 1.93 bits per heavy atom. The second kappa shape index (κ2) is 7.64. The maximum atomic E-state index is 11.6. The minimum atomic E-state index is -4.04. The maximum absolute atomic E-state index is 11.6. The predicted molar refractivity (Wildman–Crippen MR) is 103 cm³/mol. The number of sulfonamides is 1. The fraction of sp³-hybridized carbons (Fsp3) is 0.333. The summed E-state index contributed by atoms with van der Waals surface area (Å²) in [6.45, 7) is 0.593. The summed E-state index contributed by atoms with van der Waals surface area (Å²) < 4.78 is 33.9. The molecule has 1 heterocycles. The van der Waals surface area contributed by atoms with Gasteiger partial charge in [-0.15, -0.1) is 0 Å². The third-order valence-electron chi connectivity index (χ3n) is 4.83. The first-order chi connectivity index (χ1) is 13.3. The number of benzene rings is 2. The zero-order chi connectivity index (χ0) is 20.5. The molecule has 0 radical (unpaired) electrons. The monoisotopic (exact) mass is 407 g/mol. The topological polar surface area (TPSA) is 125 Å². The second-order valence-corrected chi connectivity index (χ2v) is 7.97. The molecule has 0 saturated carbocycles. The zero-order valence-corrected chi connectivity index (χ0v) is 16.3. The molecule has 3 rings (SSSR count). The number of anilines is 1. The van der Waals surface area contributed by atoms with Crippen molar-refractivity contribution < 1.29 is 22.8 Å². The van der Waals surface area contributed by atoms with Crippen LogP contribution in [0.25, 0.3) is 0 Å². The lowest BCUT2D eigenvalue weighted by Crippen LogP contribution is -2.24. The van der Waals surface area contributed by atoms with E-state index in [1.807, 2.05) is 17.0 Å². The summed E-state index contributed by atoms with van der Waals surface area (Å²) in [5.41, 5.74) is 0.925. The number of nitrogens with zero attached hydrogens (tertiary/aromatic N) is 2. The van der Waals surface area contributed by atoms with Gasteiger partial charge in [0.2, 0.25) is 10.0 Å². The van der Waals surface area contributed by atoms with Gasteiger partial charge in [0.05, 0.1) is 30.1 Å². The highest BCUT2D eigenvalue weighted by molar-refractivity contribution is 7.89. The molecule has 2 aromatic carbocycles. The summed E-state index contributed by atoms with van der Waals surface area (Å²) in [5, 5.41) is 16.7. The predicted octanol–water partition coefficient (Wildman–Crippen LogP) is 2.60. The lowest BCUT2D eigenvalue weighted by atomic mass is 10.0. The maximum Gasteiger partial charge on any atom is 0.293 e. The molecule has 10 heteroatoms. The van der Waals surface area contributed by atoms with Crippen LogP contribution in [0.15, 0.2) is 41.3 Å². The van der Waals surface area contributed by atoms with Gasteiger partial charge in [0.15, 0.2) is 0 Å². The van der Waals surface area contributed by atoms with Crippen molar-refractivity contribution in [2.75, 3.05) is 25.7 Å². The normalized spacial score (nSPS) is 16.8. The van der Waals surface area contributed by atoms with Gasteiger partial charge < -0.3 is 14.4 Å². The van der Waals surface area contributed by atoms with Crippen molar-refractivity contribution in [3.8, 4) is 11.5 Å². The van der Waals surface area contributed by atoms with Crippen LogP contribution >= 0.6 is 0 Å². The number of nitro groups is 1. The highest BCUT2D eigenvalue weighted by atomic mass is 32.2. The molecule has 150 valence electrons. The summed E-state index contributed by atoms with van der Waals surface area (Å²) in [4.78, 5) is 12.6. The van der Waals surface area contributed by atoms with E-state index in [1.165, 1.54) is 12.1 Å². The Labute approximate surface area is 162 Å². The van der Waals surface area contributed by atoms with Gasteiger partial charge in [0.1, 0.15) is 17.2 Å². The number of hydrogen-bond acceptors (Lipinski definition) is 7. The van der Waals surface area contributed by atoms with Crippen molar-refractivity contribution >= 4 is 21.4 Å². The standard InChI is InChI=1S/C18H21N3O6S/c1-26-12-5-7-14(18(10-12)27-2)15-4-3-9-20(15)16-8-6-13(28(19,24)25)11-17(16)21(22)23/h5-8,10-11,15H,3-4,9H2,1-2H3,(H2,19,24,25)/t15-/m0/s1. The van der Waals surface area contributed by atoms with E-state index in [0.717, 1.165) is 24.5 Å². The Balaban J connectivity index is 2.08. The molecule has 9 nitrogen and oxygen atoms in total. The van der Waals surface area contributed by atoms with E-state index in [2.05, 4.69) is 0 Å². The number of ether oxygens (including phenoxy) is 2. The highest BCUT2D eigenvalue weighted by Crippen LogP contribution is 2.44. The van der Waals surface area contributed by atoms with Crippen LogP contribution in [0.4, 0.5) is 11.4 Å². The van der Waals surface area contributed by atoms with Crippen LogP contribution in [0.3, 0.4) is 0 Å². The molecule has 0 unspecified atom stereocenters. The molecule has 28 heavy (non-hydrogen) atoms. The molecule has 1 fully saturated rings. The first-order valence-electron chi connectivity index (χ1n) is 8.56. The summed E-state index contributed by atoms with van der Waals surface area (Å²) in [6.07, 6.45) is 1.60. The average Bonchev–Trinajstić information content (AvgIpc) is 3.15. The lowest BCUT2D eigenvalue weighted by Gasteiger charge is -2.28. The van der Waals surface area contributed by atoms with Gasteiger partial charge in [0.25, 0.3) is 5.69 Å². The number of nitro benzene ring substituents is 1. The van der Waals surface area contributed by atoms with Crippen molar-refractivity contribution in [1.29, 1.82) is 0 Å². The third-order valence-corrected chi connectivity index (χ3v) is 5.74. The van der Waals surface area contributed by atoms with Gasteiger partial charge in [-0.25, -0.2) is 13.6 Å². The molecular formula is C18H21N3O6S. The van der Waals surface area contributed by atoms with Crippen molar-refractivity contribution in [3.05, 3.63) is 52.1 Å². The molecule has 0 bridgehead atoms. The van der Waals surface area contributed by atoms with Crippen molar-refractivity contribution in [2.24, 2.45) is 5.14 Å². The summed E-state index contributed by atoms with van der Waals surface area (Å²) in [6, 6.07) is 9.04. The smallest absolute Gasteiger partial charge is 0.293 e. The van der Waals surface area contributed by atoms with Gasteiger partial charge in [0, 0.05) is 24.2 Å². The molecule has 1 aliphatic rings. The van der Waals surface area contributed by atoms with Gasteiger partial charge in [-0.1, -0.05) is 0 Å². The number of nitrogens with two attached hydrogens (primary N) is 1. The van der Waals surface area contributed by atoms with E-state index in [9.17, 15) is 18.5 Å². The van der Waals surface area contributed by atoms with Crippen LogP contribution in [0.2, 0.25) is 0 Å². The van der Waals surface area contributed by atoms with Gasteiger partial charge in [-0.05, 0) is 37.1 Å². The van der Waals surface area contributed by atoms with E-state index in [-0.39, 0.29) is 16.6 Å². The summed E-state index contributed by atoms with van der Waals surface area (Å²) >= 11 is 0. The van der Waals surface area contributed by atoms with E-state index in [4.69, 9.17) is 14.6 Å². The minimum absolute atomic E-state index is 0.153. The number of methoxy groups -OCH3 is 2. The van der Waals surface area contributed by atoms with Gasteiger partial charge in [-0.2, -0.15) is 0 Å². The van der Waals surface area contributed by atoms with E-state index >= 15 is 0 Å². The molecular weight excluding hydrogens is 386 g/mol. The van der Waals surface area contributed by atoms with Crippen molar-refractivity contribution in [2.45, 2.75) is 23.8 Å². The third kappa shape index (κ3) is 3.73. The molecule has 1 saturated heterocycles. The van der Waals surface area contributed by atoms with Crippen LogP contribution in [0.1, 0.15) is 24.4 Å². The Hall–Kier alpha value is -2.85. The molecule has 2 N–H and O–H groups in total. The first-order valence-corrected chi connectivity index (χ1v) is 10.1. The van der Waals surface area contributed by atoms with E-state index in [1.54, 1.807) is 20.3 Å². The van der Waals surface area contributed by atoms with Crippen LogP contribution in [-0.2, 0) is 10.0 Å². The Morgan fingerprint density at radius 1 is 1.18 bits per heavy atom. The Bertz CT molecular complexity index is 1010. The van der Waals surface area contributed by atoms with Crippen LogP contribution in [0.5, 0.6) is 11.5 Å². The number of rotatable bonds is 6. The quantitative estimate of drug-likeness (QED) is 0.576. The van der Waals surface area contributed by atoms with E-state index < -0.39 is 14.9 Å². The molecule has 0 aromatic heterocycles. The van der Waals surface area contributed by atoms with Crippen molar-refractivity contribution in [3.63, 3.8) is 0 Å². The summed E-state index contributed by atoms with van der Waals surface area (Å²) in [5.74, 6) is 1.27. The number of primary sulfonamides is 1. The first kappa shape index (κ1) is 19.9. The molecule has 0 spiro atoms. The van der Waals surface area contributed by atoms with Crippen LogP contribution in [0, 0.1) is 10.1 Å². The fourth-order valence-electron chi connectivity index (χ4n) is 3.54. The zero-order valence-electron chi connectivity index (χ0n) is 15.5. The van der Waals surface area contributed by atoms with Crippen LogP contribution < -0.4 is 19.5 Å². The minimum Gasteiger partial charge on any atom is -0.497 e. The lowest BCUT2D eigenvalue weighted by molar-refractivity contribution is -0.384. The molecule has 2 aromatic rings. The average molecular weight is 407 g/mol. The second-order valence-electron chi connectivity index (χ2n) is 6.41.